The van der Waals surface area contributed by atoms with E-state index in [1.165, 1.54) is 0 Å². The summed E-state index contributed by atoms with van der Waals surface area (Å²) in [6.07, 6.45) is 0. The van der Waals surface area contributed by atoms with Gasteiger partial charge in [-0.1, -0.05) is 24.3 Å². The van der Waals surface area contributed by atoms with Crippen LogP contribution < -0.4 is 10.4 Å². The van der Waals surface area contributed by atoms with E-state index < -0.39 is 51.2 Å². The summed E-state index contributed by atoms with van der Waals surface area (Å²) in [5.74, 6) is -24.0. The van der Waals surface area contributed by atoms with E-state index in [9.17, 15) is 52.7 Å². The maximum absolute atomic E-state index is 12.7. The van der Waals surface area contributed by atoms with Crippen molar-refractivity contribution in [2.24, 2.45) is 0 Å². The molecule has 0 aliphatic carbocycles. The van der Waals surface area contributed by atoms with Crippen LogP contribution in [-0.2, 0) is 0 Å². The molecule has 2 radical (unpaired) electrons. The van der Waals surface area contributed by atoms with Crippen LogP contribution in [0.4, 0.5) is 52.7 Å². The zero-order valence-electron chi connectivity index (χ0n) is 10.8. The van der Waals surface area contributed by atoms with E-state index in [4.69, 9.17) is 0 Å². The molecule has 0 aliphatic heterocycles. The Morgan fingerprint density at radius 1 is 0.458 bits per heavy atom. The SMILES string of the molecule is FC(F)(F)[Si](c1ccccc1[Si](C(F)(F)F)C(F)(F)F)C(F)(F)F. The highest BCUT2D eigenvalue weighted by atomic mass is 28.3. The lowest BCUT2D eigenvalue weighted by molar-refractivity contribution is -0.104. The normalized spacial score (nSPS) is 14.6. The van der Waals surface area contributed by atoms with Gasteiger partial charge in [0, 0.05) is 0 Å². The average Bonchev–Trinajstić information content (AvgIpc) is 2.23. The Morgan fingerprint density at radius 3 is 0.833 bits per heavy atom. The molecule has 0 nitrogen and oxygen atoms in total. The molecule has 0 aromatic heterocycles. The summed E-state index contributed by atoms with van der Waals surface area (Å²) in [5.41, 5.74) is 0. The minimum Gasteiger partial charge on any atom is -0.176 e. The molecule has 0 spiro atoms. The maximum atomic E-state index is 12.7. The van der Waals surface area contributed by atoms with Gasteiger partial charge in [-0.2, -0.15) is 52.7 Å². The van der Waals surface area contributed by atoms with Crippen LogP contribution in [0.3, 0.4) is 0 Å². The van der Waals surface area contributed by atoms with Crippen molar-refractivity contribution in [3.05, 3.63) is 24.3 Å². The van der Waals surface area contributed by atoms with Crippen LogP contribution in [0, 0.1) is 0 Å². The van der Waals surface area contributed by atoms with Crippen molar-refractivity contribution < 1.29 is 52.7 Å². The smallest absolute Gasteiger partial charge is 0.176 e. The van der Waals surface area contributed by atoms with Crippen molar-refractivity contribution in [2.75, 3.05) is 0 Å². The number of alkyl halides is 12. The van der Waals surface area contributed by atoms with Crippen LogP contribution in [0.5, 0.6) is 0 Å². The molecule has 0 saturated heterocycles. The van der Waals surface area contributed by atoms with Crippen LogP contribution in [0.1, 0.15) is 0 Å². The van der Waals surface area contributed by atoms with Crippen LogP contribution in [-0.4, -0.2) is 40.8 Å². The molecule has 0 unspecified atom stereocenters. The number of hydrogen-bond donors (Lipinski definition) is 0. The molecule has 24 heavy (non-hydrogen) atoms. The predicted molar refractivity (Wildman–Crippen MR) is 61.4 cm³/mol. The summed E-state index contributed by atoms with van der Waals surface area (Å²) in [5, 5.41) is -3.99. The second-order valence-corrected chi connectivity index (χ2v) is 9.13. The molecular formula is C10H4F12Si2. The van der Waals surface area contributed by atoms with E-state index in [2.05, 4.69) is 0 Å². The Balaban J connectivity index is 3.71. The van der Waals surface area contributed by atoms with Crippen LogP contribution in [0.25, 0.3) is 0 Å². The molecule has 1 aromatic carbocycles. The average molecular weight is 408 g/mol. The minimum atomic E-state index is -6.01. The first-order valence-electron chi connectivity index (χ1n) is 5.60. The summed E-state index contributed by atoms with van der Waals surface area (Å²) < 4.78 is 153. The number of rotatable bonds is 2. The van der Waals surface area contributed by atoms with Gasteiger partial charge in [0.25, 0.3) is 0 Å². The van der Waals surface area contributed by atoms with Gasteiger partial charge in [-0.3, -0.25) is 0 Å². The summed E-state index contributed by atoms with van der Waals surface area (Å²) >= 11 is 0. The van der Waals surface area contributed by atoms with Gasteiger partial charge in [-0.05, 0) is 10.4 Å². The lowest BCUT2D eigenvalue weighted by atomic mass is 10.4. The van der Waals surface area contributed by atoms with Crippen molar-refractivity contribution in [2.45, 2.75) is 23.2 Å². The van der Waals surface area contributed by atoms with Gasteiger partial charge in [0.1, 0.15) is 0 Å². The third-order valence-corrected chi connectivity index (χ3v) is 7.07. The third kappa shape index (κ3) is 4.67. The molecule has 0 N–H and O–H groups in total. The second-order valence-electron chi connectivity index (χ2n) is 4.29. The maximum Gasteiger partial charge on any atom is 0.375 e. The summed E-state index contributed by atoms with van der Waals surface area (Å²) in [7, 11) is -11.4. The first-order chi connectivity index (χ1) is 10.5. The van der Waals surface area contributed by atoms with E-state index in [0.29, 0.717) is 12.1 Å². The van der Waals surface area contributed by atoms with Crippen molar-refractivity contribution in [1.29, 1.82) is 0 Å². The molecule has 0 bridgehead atoms. The molecule has 0 amide bonds. The molecule has 136 valence electrons. The van der Waals surface area contributed by atoms with Crippen molar-refractivity contribution in [3.63, 3.8) is 0 Å². The zero-order valence-corrected chi connectivity index (χ0v) is 12.8. The number of hydrogen-bond acceptors (Lipinski definition) is 0. The number of halogens is 12. The van der Waals surface area contributed by atoms with Gasteiger partial charge in [-0.25, -0.2) is 0 Å². The largest absolute Gasteiger partial charge is 0.375 e. The van der Waals surface area contributed by atoms with Gasteiger partial charge in [-0.15, -0.1) is 0 Å². The van der Waals surface area contributed by atoms with Crippen LogP contribution in [0.2, 0.25) is 0 Å². The molecule has 1 rings (SSSR count). The molecule has 0 atom stereocenters. The first-order valence-corrected chi connectivity index (χ1v) is 8.60. The Hall–Kier alpha value is -1.19. The second kappa shape index (κ2) is 6.27. The number of benzene rings is 1. The van der Waals surface area contributed by atoms with Gasteiger partial charge in [0.05, 0.1) is 0 Å². The third-order valence-electron chi connectivity index (χ3n) is 2.60. The Morgan fingerprint density at radius 2 is 0.667 bits per heavy atom. The summed E-state index contributed by atoms with van der Waals surface area (Å²) in [4.78, 5) is 0. The monoisotopic (exact) mass is 408 g/mol. The molecule has 0 aliphatic rings. The van der Waals surface area contributed by atoms with Gasteiger partial charge in [0.2, 0.25) is 0 Å². The molecule has 0 saturated carbocycles. The van der Waals surface area contributed by atoms with Gasteiger partial charge < -0.3 is 0 Å². The van der Waals surface area contributed by atoms with Crippen molar-refractivity contribution in [1.82, 2.24) is 0 Å². The lowest BCUT2D eigenvalue weighted by Crippen LogP contribution is -2.67. The van der Waals surface area contributed by atoms with Crippen LogP contribution >= 0.6 is 0 Å². The van der Waals surface area contributed by atoms with E-state index in [-0.39, 0.29) is 12.1 Å². The molecule has 0 fully saturated rings. The highest BCUT2D eigenvalue weighted by molar-refractivity contribution is 6.87. The quantitative estimate of drug-likeness (QED) is 0.519. The fraction of sp³-hybridized carbons (Fsp3) is 0.400. The predicted octanol–water partition coefficient (Wildman–Crippen LogP) is 3.50. The molecule has 0 heterocycles. The summed E-state index contributed by atoms with van der Waals surface area (Å²) in [6.45, 7) is 0. The van der Waals surface area contributed by atoms with E-state index in [0.717, 1.165) is 0 Å². The van der Waals surface area contributed by atoms with E-state index >= 15 is 0 Å². The highest BCUT2D eigenvalue weighted by Crippen LogP contribution is 2.34. The topological polar surface area (TPSA) is 0 Å². The fourth-order valence-electron chi connectivity index (χ4n) is 1.85. The molecule has 1 aromatic rings. The van der Waals surface area contributed by atoms with Crippen LogP contribution in [0.15, 0.2) is 24.3 Å². The highest BCUT2D eigenvalue weighted by Gasteiger charge is 2.66. The Kier molecular flexibility index (Phi) is 5.45. The standard InChI is InChI=1S/C10H4F12Si2/c11-7(12,13)23(8(14,15)16)5-3-1-2-4-6(5)24(9(17,18)19)10(20,21)22/h1-4H. The summed E-state index contributed by atoms with van der Waals surface area (Å²) in [6, 6.07) is 1.11. The molecular weight excluding hydrogens is 404 g/mol. The van der Waals surface area contributed by atoms with Gasteiger partial charge in [0.15, 0.2) is 0 Å². The van der Waals surface area contributed by atoms with Crippen molar-refractivity contribution in [3.8, 4) is 0 Å². The van der Waals surface area contributed by atoms with E-state index in [1.54, 1.807) is 0 Å². The lowest BCUT2D eigenvalue weighted by Gasteiger charge is -2.27. The Bertz CT molecular complexity index is 488. The van der Waals surface area contributed by atoms with E-state index in [1.807, 2.05) is 0 Å². The minimum absolute atomic E-state index is 0.0206. The Labute approximate surface area is 129 Å². The zero-order chi connectivity index (χ0) is 19.1. The fourth-order valence-corrected chi connectivity index (χ4v) is 5.70. The first kappa shape index (κ1) is 20.9. The van der Waals surface area contributed by atoms with Crippen molar-refractivity contribution >= 4 is 28.0 Å². The van der Waals surface area contributed by atoms with Gasteiger partial charge >= 0.3 is 40.8 Å². The molecule has 14 heteroatoms.